The zero-order valence-corrected chi connectivity index (χ0v) is 11.6. The van der Waals surface area contributed by atoms with Crippen LogP contribution in [0.15, 0.2) is 36.4 Å². The highest BCUT2D eigenvalue weighted by molar-refractivity contribution is 6.33. The molecule has 0 bridgehead atoms. The number of ether oxygens (including phenoxy) is 1. The Balaban J connectivity index is 2.50. The summed E-state index contributed by atoms with van der Waals surface area (Å²) in [7, 11) is 3.49. The molecule has 0 aromatic heterocycles. The van der Waals surface area contributed by atoms with Gasteiger partial charge in [-0.15, -0.1) is 0 Å². The van der Waals surface area contributed by atoms with Gasteiger partial charge in [-0.25, -0.2) is 4.39 Å². The van der Waals surface area contributed by atoms with Gasteiger partial charge in [0, 0.05) is 22.7 Å². The van der Waals surface area contributed by atoms with Crippen molar-refractivity contribution in [3.63, 3.8) is 0 Å². The number of halogens is 2. The normalized spacial score (nSPS) is 10.5. The molecule has 0 fully saturated rings. The van der Waals surface area contributed by atoms with E-state index in [1.165, 1.54) is 12.1 Å². The second-order valence-corrected chi connectivity index (χ2v) is 4.59. The van der Waals surface area contributed by atoms with Crippen molar-refractivity contribution < 1.29 is 9.13 Å². The van der Waals surface area contributed by atoms with Gasteiger partial charge in [-0.3, -0.25) is 0 Å². The van der Waals surface area contributed by atoms with E-state index in [0.717, 1.165) is 16.9 Å². The molecule has 0 atom stereocenters. The minimum atomic E-state index is -0.301. The molecule has 2 aromatic rings. The molecule has 2 rings (SSSR count). The van der Waals surface area contributed by atoms with Gasteiger partial charge in [-0.2, -0.15) is 0 Å². The van der Waals surface area contributed by atoms with Crippen molar-refractivity contribution in [1.82, 2.24) is 5.32 Å². The first kappa shape index (κ1) is 13.8. The summed E-state index contributed by atoms with van der Waals surface area (Å²) in [6, 6.07) is 10.0. The van der Waals surface area contributed by atoms with Crippen LogP contribution in [-0.4, -0.2) is 14.2 Å². The largest absolute Gasteiger partial charge is 0.496 e. The van der Waals surface area contributed by atoms with E-state index in [0.29, 0.717) is 17.1 Å². The number of methoxy groups -OCH3 is 1. The molecule has 0 aliphatic heterocycles. The summed E-state index contributed by atoms with van der Waals surface area (Å²) in [5.41, 5.74) is 2.56. The molecule has 0 radical (unpaired) electrons. The summed E-state index contributed by atoms with van der Waals surface area (Å²) < 4.78 is 18.6. The lowest BCUT2D eigenvalue weighted by Gasteiger charge is -2.11. The topological polar surface area (TPSA) is 21.3 Å². The lowest BCUT2D eigenvalue weighted by atomic mass is 10.0. The molecular formula is C15H15ClFNO. The zero-order valence-electron chi connectivity index (χ0n) is 10.8. The van der Waals surface area contributed by atoms with E-state index >= 15 is 0 Å². The Morgan fingerprint density at radius 3 is 2.68 bits per heavy atom. The molecule has 0 amide bonds. The third-order valence-corrected chi connectivity index (χ3v) is 3.22. The highest BCUT2D eigenvalue weighted by Gasteiger charge is 2.09. The molecule has 0 saturated heterocycles. The molecular weight excluding hydrogens is 265 g/mol. The predicted molar refractivity (Wildman–Crippen MR) is 76.2 cm³/mol. The van der Waals surface area contributed by atoms with Crippen molar-refractivity contribution in [2.45, 2.75) is 6.54 Å². The van der Waals surface area contributed by atoms with E-state index in [2.05, 4.69) is 5.32 Å². The monoisotopic (exact) mass is 279 g/mol. The molecule has 19 heavy (non-hydrogen) atoms. The fourth-order valence-corrected chi connectivity index (χ4v) is 2.22. The van der Waals surface area contributed by atoms with Crippen LogP contribution in [0, 0.1) is 5.82 Å². The molecule has 0 aliphatic carbocycles. The molecule has 2 nitrogen and oxygen atoms in total. The second-order valence-electron chi connectivity index (χ2n) is 4.18. The van der Waals surface area contributed by atoms with Gasteiger partial charge in [-0.05, 0) is 42.9 Å². The fraction of sp³-hybridized carbons (Fsp3) is 0.200. The number of benzene rings is 2. The highest BCUT2D eigenvalue weighted by atomic mass is 35.5. The van der Waals surface area contributed by atoms with Gasteiger partial charge in [0.05, 0.1) is 7.11 Å². The van der Waals surface area contributed by atoms with E-state index in [4.69, 9.17) is 16.3 Å². The zero-order chi connectivity index (χ0) is 13.8. The van der Waals surface area contributed by atoms with E-state index in [-0.39, 0.29) is 5.82 Å². The Bertz CT molecular complexity index is 586. The van der Waals surface area contributed by atoms with Crippen LogP contribution in [0.2, 0.25) is 5.02 Å². The number of hydrogen-bond donors (Lipinski definition) is 1. The molecule has 2 aromatic carbocycles. The standard InChI is InChI=1S/C15H15ClFNO/c1-18-9-11-7-10(3-6-15(11)19-2)13-8-12(17)4-5-14(13)16/h3-8,18H,9H2,1-2H3. The van der Waals surface area contributed by atoms with Crippen molar-refractivity contribution in [2.75, 3.05) is 14.2 Å². The van der Waals surface area contributed by atoms with Crippen LogP contribution in [-0.2, 0) is 6.54 Å². The average Bonchev–Trinajstić information content (AvgIpc) is 2.42. The number of nitrogens with one attached hydrogen (secondary N) is 1. The van der Waals surface area contributed by atoms with E-state index in [1.807, 2.05) is 25.2 Å². The third-order valence-electron chi connectivity index (χ3n) is 2.89. The van der Waals surface area contributed by atoms with Gasteiger partial charge in [0.1, 0.15) is 11.6 Å². The Kier molecular flexibility index (Phi) is 4.40. The fourth-order valence-electron chi connectivity index (χ4n) is 1.99. The Morgan fingerprint density at radius 2 is 2.00 bits per heavy atom. The smallest absolute Gasteiger partial charge is 0.123 e. The van der Waals surface area contributed by atoms with Crippen LogP contribution >= 0.6 is 11.6 Å². The van der Waals surface area contributed by atoms with Gasteiger partial charge in [0.25, 0.3) is 0 Å². The van der Waals surface area contributed by atoms with Crippen molar-refractivity contribution in [1.29, 1.82) is 0 Å². The third kappa shape index (κ3) is 3.06. The summed E-state index contributed by atoms with van der Waals surface area (Å²) in [6.45, 7) is 0.671. The maximum absolute atomic E-state index is 13.3. The summed E-state index contributed by atoms with van der Waals surface area (Å²) in [4.78, 5) is 0. The van der Waals surface area contributed by atoms with E-state index in [9.17, 15) is 4.39 Å². The van der Waals surface area contributed by atoms with Crippen LogP contribution in [0.25, 0.3) is 11.1 Å². The van der Waals surface area contributed by atoms with Crippen LogP contribution in [0.3, 0.4) is 0 Å². The van der Waals surface area contributed by atoms with Gasteiger partial charge >= 0.3 is 0 Å². The number of rotatable bonds is 4. The SMILES string of the molecule is CNCc1cc(-c2cc(F)ccc2Cl)ccc1OC. The van der Waals surface area contributed by atoms with E-state index in [1.54, 1.807) is 13.2 Å². The Hall–Kier alpha value is -1.58. The first-order chi connectivity index (χ1) is 9.15. The molecule has 0 saturated carbocycles. The van der Waals surface area contributed by atoms with Crippen molar-refractivity contribution >= 4 is 11.6 Å². The first-order valence-corrected chi connectivity index (χ1v) is 6.30. The maximum atomic E-state index is 13.3. The first-order valence-electron chi connectivity index (χ1n) is 5.92. The highest BCUT2D eigenvalue weighted by Crippen LogP contribution is 2.31. The summed E-state index contributed by atoms with van der Waals surface area (Å²) in [6.07, 6.45) is 0. The predicted octanol–water partition coefficient (Wildman–Crippen LogP) is 3.87. The van der Waals surface area contributed by atoms with Crippen molar-refractivity contribution in [3.8, 4) is 16.9 Å². The molecule has 1 N–H and O–H groups in total. The van der Waals surface area contributed by atoms with Crippen molar-refractivity contribution in [3.05, 3.63) is 52.8 Å². The summed E-state index contributed by atoms with van der Waals surface area (Å²) >= 11 is 6.12. The van der Waals surface area contributed by atoms with Gasteiger partial charge in [0.15, 0.2) is 0 Å². The molecule has 4 heteroatoms. The molecule has 0 unspecified atom stereocenters. The minimum absolute atomic E-state index is 0.301. The quantitative estimate of drug-likeness (QED) is 0.917. The molecule has 0 heterocycles. The van der Waals surface area contributed by atoms with Gasteiger partial charge in [-0.1, -0.05) is 17.7 Å². The molecule has 100 valence electrons. The van der Waals surface area contributed by atoms with E-state index < -0.39 is 0 Å². The minimum Gasteiger partial charge on any atom is -0.496 e. The Morgan fingerprint density at radius 1 is 1.21 bits per heavy atom. The Labute approximate surface area is 117 Å². The maximum Gasteiger partial charge on any atom is 0.123 e. The lowest BCUT2D eigenvalue weighted by molar-refractivity contribution is 0.408. The summed E-state index contributed by atoms with van der Waals surface area (Å²) in [5.74, 6) is 0.496. The van der Waals surface area contributed by atoms with Crippen LogP contribution in [0.1, 0.15) is 5.56 Å². The van der Waals surface area contributed by atoms with Crippen LogP contribution in [0.4, 0.5) is 4.39 Å². The lowest BCUT2D eigenvalue weighted by Crippen LogP contribution is -2.06. The van der Waals surface area contributed by atoms with Gasteiger partial charge < -0.3 is 10.1 Å². The van der Waals surface area contributed by atoms with Crippen LogP contribution in [0.5, 0.6) is 5.75 Å². The van der Waals surface area contributed by atoms with Crippen molar-refractivity contribution in [2.24, 2.45) is 0 Å². The van der Waals surface area contributed by atoms with Crippen LogP contribution < -0.4 is 10.1 Å². The molecule has 0 aliphatic rings. The molecule has 0 spiro atoms. The second kappa shape index (κ2) is 6.04. The van der Waals surface area contributed by atoms with Gasteiger partial charge in [0.2, 0.25) is 0 Å². The number of hydrogen-bond acceptors (Lipinski definition) is 2. The summed E-state index contributed by atoms with van der Waals surface area (Å²) in [5, 5.41) is 3.61. The average molecular weight is 280 g/mol.